The molecule has 1 amide bonds. The number of carbonyl (C=O) groups excluding carboxylic acids is 1. The number of hydrogen-bond acceptors (Lipinski definition) is 3. The van der Waals surface area contributed by atoms with Gasteiger partial charge in [0.1, 0.15) is 5.82 Å². The number of nitrogens with zero attached hydrogens (tertiary/aromatic N) is 2. The number of rotatable bonds is 2. The van der Waals surface area contributed by atoms with Crippen molar-refractivity contribution in [3.8, 4) is 0 Å². The third kappa shape index (κ3) is 2.73. The van der Waals surface area contributed by atoms with E-state index in [2.05, 4.69) is 15.7 Å². The Balaban J connectivity index is 1.61. The van der Waals surface area contributed by atoms with Crippen LogP contribution in [0.3, 0.4) is 0 Å². The number of aryl methyl sites for hydroxylation is 2. The molecule has 3 unspecified atom stereocenters. The molecule has 3 rings (SSSR count). The molecule has 3 atom stereocenters. The van der Waals surface area contributed by atoms with Gasteiger partial charge in [-0.3, -0.25) is 9.48 Å². The second-order valence-corrected chi connectivity index (χ2v) is 6.23. The molecule has 1 aliphatic heterocycles. The topological polar surface area (TPSA) is 59.0 Å². The van der Waals surface area contributed by atoms with Gasteiger partial charge in [0.2, 0.25) is 5.91 Å². The summed E-state index contributed by atoms with van der Waals surface area (Å²) < 4.78 is 1.72. The lowest BCUT2D eigenvalue weighted by atomic mass is 9.77. The Kier molecular flexibility index (Phi) is 3.78. The summed E-state index contributed by atoms with van der Waals surface area (Å²) in [5.74, 6) is 1.64. The molecule has 5 heteroatoms. The van der Waals surface area contributed by atoms with Crippen LogP contribution in [0, 0.1) is 12.8 Å². The molecule has 1 aromatic rings. The molecule has 0 spiro atoms. The fraction of sp³-hybridized carbons (Fsp3) is 0.733. The molecular formula is C15H24N4O. The van der Waals surface area contributed by atoms with E-state index < -0.39 is 0 Å². The largest absolute Gasteiger partial charge is 0.310 e. The van der Waals surface area contributed by atoms with Crippen molar-refractivity contribution in [3.05, 3.63) is 11.8 Å². The van der Waals surface area contributed by atoms with Crippen molar-refractivity contribution in [2.75, 3.05) is 5.32 Å². The molecule has 110 valence electrons. The van der Waals surface area contributed by atoms with Crippen molar-refractivity contribution in [2.24, 2.45) is 13.0 Å². The van der Waals surface area contributed by atoms with E-state index in [0.717, 1.165) is 23.9 Å². The minimum absolute atomic E-state index is 0.0513. The highest BCUT2D eigenvalue weighted by Crippen LogP contribution is 2.32. The Morgan fingerprint density at radius 3 is 2.90 bits per heavy atom. The molecule has 0 bridgehead atoms. The predicted octanol–water partition coefficient (Wildman–Crippen LogP) is 1.98. The number of aromatic nitrogens is 2. The number of carbonyl (C=O) groups is 1. The van der Waals surface area contributed by atoms with Crippen LogP contribution in [-0.2, 0) is 11.8 Å². The molecule has 1 aliphatic carbocycles. The van der Waals surface area contributed by atoms with Crippen molar-refractivity contribution in [1.29, 1.82) is 0 Å². The average Bonchev–Trinajstić information content (AvgIpc) is 2.76. The van der Waals surface area contributed by atoms with Crippen LogP contribution in [0.4, 0.5) is 5.82 Å². The SMILES string of the molecule is Cc1cc(NC(=O)C2CCC3CCCCC3N2)n(C)n1. The zero-order valence-electron chi connectivity index (χ0n) is 12.4. The Hall–Kier alpha value is -1.36. The van der Waals surface area contributed by atoms with Gasteiger partial charge in [-0.2, -0.15) is 5.10 Å². The summed E-state index contributed by atoms with van der Waals surface area (Å²) in [5.41, 5.74) is 0.923. The Bertz CT molecular complexity index is 496. The van der Waals surface area contributed by atoms with Gasteiger partial charge >= 0.3 is 0 Å². The van der Waals surface area contributed by atoms with Crippen molar-refractivity contribution in [2.45, 2.75) is 57.5 Å². The van der Waals surface area contributed by atoms with Gasteiger partial charge in [-0.05, 0) is 38.5 Å². The maximum Gasteiger partial charge on any atom is 0.242 e. The number of anilines is 1. The van der Waals surface area contributed by atoms with E-state index in [1.54, 1.807) is 4.68 Å². The fourth-order valence-electron chi connectivity index (χ4n) is 3.64. The molecular weight excluding hydrogens is 252 g/mol. The first-order chi connectivity index (χ1) is 9.63. The highest BCUT2D eigenvalue weighted by atomic mass is 16.2. The standard InChI is InChI=1S/C15H24N4O/c1-10-9-14(19(2)18-10)17-15(20)13-8-7-11-5-3-4-6-12(11)16-13/h9,11-13,16H,3-8H2,1-2H3,(H,17,20). The molecule has 20 heavy (non-hydrogen) atoms. The van der Waals surface area contributed by atoms with Gasteiger partial charge in [0.05, 0.1) is 11.7 Å². The van der Waals surface area contributed by atoms with E-state index in [-0.39, 0.29) is 11.9 Å². The summed E-state index contributed by atoms with van der Waals surface area (Å²) in [6.07, 6.45) is 7.33. The molecule has 2 aliphatic rings. The van der Waals surface area contributed by atoms with Crippen LogP contribution in [0.1, 0.15) is 44.2 Å². The van der Waals surface area contributed by atoms with Crippen LogP contribution >= 0.6 is 0 Å². The molecule has 1 saturated carbocycles. The molecule has 0 radical (unpaired) electrons. The Morgan fingerprint density at radius 2 is 2.15 bits per heavy atom. The molecule has 5 nitrogen and oxygen atoms in total. The first kappa shape index (κ1) is 13.6. The highest BCUT2D eigenvalue weighted by Gasteiger charge is 2.34. The van der Waals surface area contributed by atoms with Gasteiger partial charge in [-0.25, -0.2) is 0 Å². The van der Waals surface area contributed by atoms with Gasteiger partial charge in [0.25, 0.3) is 0 Å². The third-order valence-electron chi connectivity index (χ3n) is 4.72. The molecule has 2 fully saturated rings. The van der Waals surface area contributed by atoms with E-state index in [9.17, 15) is 4.79 Å². The number of amides is 1. The average molecular weight is 276 g/mol. The Morgan fingerprint density at radius 1 is 1.35 bits per heavy atom. The van der Waals surface area contributed by atoms with Gasteiger partial charge in [-0.15, -0.1) is 0 Å². The summed E-state index contributed by atoms with van der Waals surface area (Å²) in [4.78, 5) is 12.4. The lowest BCUT2D eigenvalue weighted by Gasteiger charge is -2.39. The number of fused-ring (bicyclic) bond motifs is 1. The minimum Gasteiger partial charge on any atom is -0.310 e. The van der Waals surface area contributed by atoms with Crippen LogP contribution in [0.2, 0.25) is 0 Å². The molecule has 0 aromatic carbocycles. The van der Waals surface area contributed by atoms with Crippen molar-refractivity contribution >= 4 is 11.7 Å². The van der Waals surface area contributed by atoms with E-state index in [4.69, 9.17) is 0 Å². The predicted molar refractivity (Wildman–Crippen MR) is 78.5 cm³/mol. The summed E-state index contributed by atoms with van der Waals surface area (Å²) in [6, 6.07) is 2.40. The maximum absolute atomic E-state index is 12.4. The van der Waals surface area contributed by atoms with Crippen LogP contribution < -0.4 is 10.6 Å². The van der Waals surface area contributed by atoms with E-state index in [1.165, 1.54) is 32.1 Å². The van der Waals surface area contributed by atoms with Crippen molar-refractivity contribution in [3.63, 3.8) is 0 Å². The quantitative estimate of drug-likeness (QED) is 0.868. The van der Waals surface area contributed by atoms with Crippen LogP contribution in [0.5, 0.6) is 0 Å². The lowest BCUT2D eigenvalue weighted by molar-refractivity contribution is -0.119. The monoisotopic (exact) mass is 276 g/mol. The zero-order chi connectivity index (χ0) is 14.1. The second-order valence-electron chi connectivity index (χ2n) is 6.23. The summed E-state index contributed by atoms with van der Waals surface area (Å²) in [6.45, 7) is 1.93. The smallest absolute Gasteiger partial charge is 0.242 e. The maximum atomic E-state index is 12.4. The fourth-order valence-corrected chi connectivity index (χ4v) is 3.64. The number of piperidine rings is 1. The van der Waals surface area contributed by atoms with Gasteiger partial charge < -0.3 is 10.6 Å². The molecule has 2 heterocycles. The van der Waals surface area contributed by atoms with Crippen molar-refractivity contribution < 1.29 is 4.79 Å². The molecule has 2 N–H and O–H groups in total. The lowest BCUT2D eigenvalue weighted by Crippen LogP contribution is -2.53. The summed E-state index contributed by atoms with van der Waals surface area (Å²) in [5, 5.41) is 10.8. The normalized spacial score (nSPS) is 29.8. The second kappa shape index (κ2) is 5.56. The first-order valence-corrected chi connectivity index (χ1v) is 7.71. The third-order valence-corrected chi connectivity index (χ3v) is 4.72. The number of hydrogen-bond donors (Lipinski definition) is 2. The Labute approximate surface area is 120 Å². The minimum atomic E-state index is -0.0513. The van der Waals surface area contributed by atoms with Gasteiger partial charge in [-0.1, -0.05) is 12.8 Å². The summed E-state index contributed by atoms with van der Waals surface area (Å²) >= 11 is 0. The van der Waals surface area contributed by atoms with E-state index >= 15 is 0 Å². The van der Waals surface area contributed by atoms with Gasteiger partial charge in [0, 0.05) is 19.2 Å². The van der Waals surface area contributed by atoms with E-state index in [1.807, 2.05) is 20.0 Å². The summed E-state index contributed by atoms with van der Waals surface area (Å²) in [7, 11) is 1.86. The molecule has 1 saturated heterocycles. The first-order valence-electron chi connectivity index (χ1n) is 7.71. The van der Waals surface area contributed by atoms with Crippen LogP contribution in [0.25, 0.3) is 0 Å². The van der Waals surface area contributed by atoms with E-state index in [0.29, 0.717) is 6.04 Å². The zero-order valence-corrected chi connectivity index (χ0v) is 12.4. The van der Waals surface area contributed by atoms with Crippen LogP contribution in [-0.4, -0.2) is 27.8 Å². The molecule has 1 aromatic heterocycles. The number of nitrogens with one attached hydrogen (secondary N) is 2. The highest BCUT2D eigenvalue weighted by molar-refractivity contribution is 5.94. The van der Waals surface area contributed by atoms with Crippen LogP contribution in [0.15, 0.2) is 6.07 Å². The van der Waals surface area contributed by atoms with Gasteiger partial charge in [0.15, 0.2) is 0 Å². The van der Waals surface area contributed by atoms with Crippen molar-refractivity contribution in [1.82, 2.24) is 15.1 Å².